The Morgan fingerprint density at radius 2 is 1.88 bits per heavy atom. The van der Waals surface area contributed by atoms with Gasteiger partial charge in [0.1, 0.15) is 0 Å². The zero-order valence-corrected chi connectivity index (χ0v) is 10.7. The first-order chi connectivity index (χ1) is 7.54. The second-order valence-corrected chi connectivity index (χ2v) is 4.61. The average Bonchev–Trinajstić information content (AvgIpc) is 2.26. The minimum absolute atomic E-state index is 0.0151. The minimum Gasteiger partial charge on any atom is -0.349 e. The highest BCUT2D eigenvalue weighted by Crippen LogP contribution is 2.19. The molecule has 88 valence electrons. The van der Waals surface area contributed by atoms with E-state index in [-0.39, 0.29) is 17.9 Å². The Bertz CT molecular complexity index is 345. The van der Waals surface area contributed by atoms with Crippen LogP contribution >= 0.6 is 11.6 Å². The molecule has 0 fully saturated rings. The maximum absolute atomic E-state index is 11.6. The predicted octanol–water partition coefficient (Wildman–Crippen LogP) is 3.56. The summed E-state index contributed by atoms with van der Waals surface area (Å²) in [6, 6.07) is 7.68. The third kappa shape index (κ3) is 3.53. The van der Waals surface area contributed by atoms with Gasteiger partial charge in [-0.3, -0.25) is 4.79 Å². The highest BCUT2D eigenvalue weighted by atomic mass is 35.5. The van der Waals surface area contributed by atoms with E-state index in [2.05, 4.69) is 12.2 Å². The minimum atomic E-state index is 0.0151. The molecule has 0 aliphatic carbocycles. The van der Waals surface area contributed by atoms with E-state index in [9.17, 15) is 4.79 Å². The van der Waals surface area contributed by atoms with Crippen LogP contribution in [0, 0.1) is 5.92 Å². The first-order valence-corrected chi connectivity index (χ1v) is 5.98. The molecule has 0 aromatic heterocycles. The Balaban J connectivity index is 2.74. The summed E-state index contributed by atoms with van der Waals surface area (Å²) in [6.45, 7) is 5.84. The number of hydrogen-bond acceptors (Lipinski definition) is 1. The first-order valence-electron chi connectivity index (χ1n) is 5.60. The summed E-state index contributed by atoms with van der Waals surface area (Å²) in [6.07, 6.45) is 0.875. The normalized spacial score (nSPS) is 12.6. The number of carbonyl (C=O) groups is 1. The van der Waals surface area contributed by atoms with Gasteiger partial charge in [-0.25, -0.2) is 0 Å². The van der Waals surface area contributed by atoms with Crippen LogP contribution in [0.1, 0.15) is 38.8 Å². The van der Waals surface area contributed by atoms with Crippen LogP contribution in [-0.2, 0) is 4.79 Å². The lowest BCUT2D eigenvalue weighted by molar-refractivity contribution is -0.124. The van der Waals surface area contributed by atoms with Crippen molar-refractivity contribution < 1.29 is 4.79 Å². The summed E-state index contributed by atoms with van der Waals surface area (Å²) in [7, 11) is 0. The van der Waals surface area contributed by atoms with Gasteiger partial charge in [0.05, 0.1) is 6.04 Å². The number of amides is 1. The van der Waals surface area contributed by atoms with Crippen molar-refractivity contribution in [1.29, 1.82) is 0 Å². The van der Waals surface area contributed by atoms with E-state index in [1.807, 2.05) is 38.1 Å². The Hall–Kier alpha value is -1.02. The van der Waals surface area contributed by atoms with Crippen molar-refractivity contribution in [2.24, 2.45) is 5.92 Å². The van der Waals surface area contributed by atoms with E-state index < -0.39 is 0 Å². The maximum atomic E-state index is 11.6. The van der Waals surface area contributed by atoms with Gasteiger partial charge in [0.15, 0.2) is 0 Å². The summed E-state index contributed by atoms with van der Waals surface area (Å²) in [5.74, 6) is 0.100. The molecule has 0 radical (unpaired) electrons. The molecule has 0 heterocycles. The molecule has 0 aliphatic rings. The summed E-state index contributed by atoms with van der Waals surface area (Å²) < 4.78 is 0. The quantitative estimate of drug-likeness (QED) is 0.855. The fraction of sp³-hybridized carbons (Fsp3) is 0.462. The highest BCUT2D eigenvalue weighted by molar-refractivity contribution is 6.30. The molecule has 1 atom stereocenters. The van der Waals surface area contributed by atoms with E-state index in [0.717, 1.165) is 12.0 Å². The molecular formula is C13H18ClNO. The number of halogens is 1. The third-order valence-electron chi connectivity index (χ3n) is 2.52. The lowest BCUT2D eigenvalue weighted by atomic mass is 10.0. The number of hydrogen-bond donors (Lipinski definition) is 1. The van der Waals surface area contributed by atoms with Crippen LogP contribution in [-0.4, -0.2) is 5.91 Å². The van der Waals surface area contributed by atoms with Crippen molar-refractivity contribution in [3.8, 4) is 0 Å². The third-order valence-corrected chi connectivity index (χ3v) is 2.77. The molecule has 0 saturated carbocycles. The van der Waals surface area contributed by atoms with E-state index >= 15 is 0 Å². The van der Waals surface area contributed by atoms with Crippen LogP contribution in [0.15, 0.2) is 24.3 Å². The molecule has 1 aromatic carbocycles. The predicted molar refractivity (Wildman–Crippen MR) is 67.5 cm³/mol. The second kappa shape index (κ2) is 5.90. The van der Waals surface area contributed by atoms with Crippen molar-refractivity contribution in [2.45, 2.75) is 33.2 Å². The van der Waals surface area contributed by atoms with Crippen LogP contribution in [0.4, 0.5) is 0 Å². The molecule has 2 nitrogen and oxygen atoms in total. The zero-order chi connectivity index (χ0) is 12.1. The van der Waals surface area contributed by atoms with Gasteiger partial charge in [0, 0.05) is 10.9 Å². The van der Waals surface area contributed by atoms with Crippen LogP contribution in [0.5, 0.6) is 0 Å². The second-order valence-electron chi connectivity index (χ2n) is 4.18. The van der Waals surface area contributed by atoms with E-state index in [1.165, 1.54) is 0 Å². The van der Waals surface area contributed by atoms with Gasteiger partial charge in [-0.05, 0) is 24.1 Å². The first kappa shape index (κ1) is 13.0. The van der Waals surface area contributed by atoms with Gasteiger partial charge in [-0.1, -0.05) is 44.5 Å². The van der Waals surface area contributed by atoms with Gasteiger partial charge >= 0.3 is 0 Å². The van der Waals surface area contributed by atoms with Crippen LogP contribution in [0.25, 0.3) is 0 Å². The molecule has 1 N–H and O–H groups in total. The van der Waals surface area contributed by atoms with Gasteiger partial charge in [-0.15, -0.1) is 0 Å². The molecule has 1 rings (SSSR count). The molecular weight excluding hydrogens is 222 g/mol. The summed E-state index contributed by atoms with van der Waals surface area (Å²) in [5, 5.41) is 3.74. The molecule has 0 saturated heterocycles. The van der Waals surface area contributed by atoms with Crippen molar-refractivity contribution in [1.82, 2.24) is 5.32 Å². The molecule has 3 heteroatoms. The summed E-state index contributed by atoms with van der Waals surface area (Å²) in [4.78, 5) is 11.6. The maximum Gasteiger partial charge on any atom is 0.223 e. The highest BCUT2D eigenvalue weighted by Gasteiger charge is 2.14. The monoisotopic (exact) mass is 239 g/mol. The van der Waals surface area contributed by atoms with Crippen LogP contribution < -0.4 is 5.32 Å². The molecule has 0 bridgehead atoms. The van der Waals surface area contributed by atoms with E-state index in [1.54, 1.807) is 0 Å². The smallest absolute Gasteiger partial charge is 0.223 e. The van der Waals surface area contributed by atoms with Crippen molar-refractivity contribution in [3.05, 3.63) is 34.9 Å². The fourth-order valence-corrected chi connectivity index (χ4v) is 1.58. The number of benzene rings is 1. The lowest BCUT2D eigenvalue weighted by Crippen LogP contribution is -2.31. The largest absolute Gasteiger partial charge is 0.349 e. The zero-order valence-electron chi connectivity index (χ0n) is 9.96. The van der Waals surface area contributed by atoms with Gasteiger partial charge in [0.25, 0.3) is 0 Å². The molecule has 1 amide bonds. The molecule has 1 aromatic rings. The number of carbonyl (C=O) groups excluding carboxylic acids is 1. The van der Waals surface area contributed by atoms with Crippen molar-refractivity contribution >= 4 is 17.5 Å². The standard InChI is InChI=1S/C13H18ClNO/c1-4-12(15-13(16)9(2)3)10-5-7-11(14)8-6-10/h5-9,12H,4H2,1-3H3,(H,15,16). The molecule has 0 aliphatic heterocycles. The topological polar surface area (TPSA) is 29.1 Å². The van der Waals surface area contributed by atoms with E-state index in [4.69, 9.17) is 11.6 Å². The van der Waals surface area contributed by atoms with Crippen molar-refractivity contribution in [3.63, 3.8) is 0 Å². The van der Waals surface area contributed by atoms with Crippen LogP contribution in [0.3, 0.4) is 0 Å². The SMILES string of the molecule is CCC(NC(=O)C(C)C)c1ccc(Cl)cc1. The lowest BCUT2D eigenvalue weighted by Gasteiger charge is -2.18. The molecule has 0 spiro atoms. The van der Waals surface area contributed by atoms with Crippen molar-refractivity contribution in [2.75, 3.05) is 0 Å². The summed E-state index contributed by atoms with van der Waals surface area (Å²) >= 11 is 5.83. The Morgan fingerprint density at radius 3 is 2.31 bits per heavy atom. The Kier molecular flexibility index (Phi) is 4.81. The van der Waals surface area contributed by atoms with E-state index in [0.29, 0.717) is 5.02 Å². The van der Waals surface area contributed by atoms with Gasteiger partial charge in [0.2, 0.25) is 5.91 Å². The molecule has 1 unspecified atom stereocenters. The average molecular weight is 240 g/mol. The van der Waals surface area contributed by atoms with Gasteiger partial charge in [-0.2, -0.15) is 0 Å². The molecule has 16 heavy (non-hydrogen) atoms. The fourth-order valence-electron chi connectivity index (χ4n) is 1.45. The van der Waals surface area contributed by atoms with Crippen LogP contribution in [0.2, 0.25) is 5.02 Å². The Morgan fingerprint density at radius 1 is 1.31 bits per heavy atom. The number of nitrogens with one attached hydrogen (secondary N) is 1. The number of rotatable bonds is 4. The Labute approximate surface area is 102 Å². The van der Waals surface area contributed by atoms with Gasteiger partial charge < -0.3 is 5.32 Å². The summed E-state index contributed by atoms with van der Waals surface area (Å²) in [5.41, 5.74) is 1.10.